The van der Waals surface area contributed by atoms with Gasteiger partial charge in [0, 0.05) is 23.6 Å². The quantitative estimate of drug-likeness (QED) is 0.465. The molecule has 0 aliphatic carbocycles. The van der Waals surface area contributed by atoms with E-state index < -0.39 is 0 Å². The monoisotopic (exact) mass is 314 g/mol. The lowest BCUT2D eigenvalue weighted by Gasteiger charge is -2.05. The van der Waals surface area contributed by atoms with Crippen molar-refractivity contribution >= 4 is 39.1 Å². The van der Waals surface area contributed by atoms with Crippen LogP contribution in [-0.4, -0.2) is 29.2 Å². The molecular weight excluding hydrogens is 300 g/mol. The van der Waals surface area contributed by atoms with Crippen LogP contribution in [0.15, 0.2) is 6.07 Å². The zero-order chi connectivity index (χ0) is 14.5. The molecular formula is C13H15ClN2O3S. The summed E-state index contributed by atoms with van der Waals surface area (Å²) in [7, 11) is 0. The Morgan fingerprint density at radius 2 is 2.20 bits per heavy atom. The molecule has 0 bridgehead atoms. The molecule has 2 aromatic rings. The molecule has 0 N–H and O–H groups in total. The topological polar surface area (TPSA) is 61.3 Å². The van der Waals surface area contributed by atoms with Gasteiger partial charge in [0.1, 0.15) is 9.98 Å². The van der Waals surface area contributed by atoms with E-state index in [0.717, 1.165) is 16.6 Å². The Hall–Kier alpha value is -1.40. The number of esters is 1. The van der Waals surface area contributed by atoms with Gasteiger partial charge in [-0.2, -0.15) is 9.97 Å². The summed E-state index contributed by atoms with van der Waals surface area (Å²) in [6.07, 6.45) is 1.53. The SMILES string of the molecule is CCc1cc2c(Cl)nc(OCCCOC(C)=O)nc2s1. The number of hydrogen-bond acceptors (Lipinski definition) is 6. The number of nitrogens with zero attached hydrogens (tertiary/aromatic N) is 2. The zero-order valence-corrected chi connectivity index (χ0v) is 12.9. The van der Waals surface area contributed by atoms with E-state index in [1.54, 1.807) is 11.3 Å². The van der Waals surface area contributed by atoms with Crippen molar-refractivity contribution in [3.63, 3.8) is 0 Å². The van der Waals surface area contributed by atoms with Gasteiger partial charge in [-0.1, -0.05) is 18.5 Å². The summed E-state index contributed by atoms with van der Waals surface area (Å²) in [5, 5.41) is 1.27. The Morgan fingerprint density at radius 1 is 1.40 bits per heavy atom. The lowest BCUT2D eigenvalue weighted by Crippen LogP contribution is -2.07. The van der Waals surface area contributed by atoms with E-state index in [9.17, 15) is 4.79 Å². The Bertz CT molecular complexity index is 615. The highest BCUT2D eigenvalue weighted by Crippen LogP contribution is 2.30. The predicted molar refractivity (Wildman–Crippen MR) is 78.5 cm³/mol. The molecule has 0 saturated carbocycles. The van der Waals surface area contributed by atoms with Gasteiger partial charge in [0.2, 0.25) is 0 Å². The molecule has 0 aliphatic heterocycles. The molecule has 0 unspecified atom stereocenters. The first-order chi connectivity index (χ1) is 9.60. The van der Waals surface area contributed by atoms with Crippen LogP contribution in [0.2, 0.25) is 5.15 Å². The van der Waals surface area contributed by atoms with E-state index in [-0.39, 0.29) is 12.0 Å². The van der Waals surface area contributed by atoms with Crippen LogP contribution in [0.25, 0.3) is 10.2 Å². The van der Waals surface area contributed by atoms with Crippen LogP contribution in [0.3, 0.4) is 0 Å². The molecule has 5 nitrogen and oxygen atoms in total. The first kappa shape index (κ1) is 15.0. The van der Waals surface area contributed by atoms with E-state index in [2.05, 4.69) is 16.9 Å². The van der Waals surface area contributed by atoms with Gasteiger partial charge in [-0.15, -0.1) is 11.3 Å². The van der Waals surface area contributed by atoms with Crippen molar-refractivity contribution in [2.45, 2.75) is 26.7 Å². The average molecular weight is 315 g/mol. The fourth-order valence-corrected chi connectivity index (χ4v) is 2.83. The van der Waals surface area contributed by atoms with Crippen molar-refractivity contribution in [3.8, 4) is 6.01 Å². The maximum absolute atomic E-state index is 10.6. The van der Waals surface area contributed by atoms with Crippen molar-refractivity contribution in [2.24, 2.45) is 0 Å². The molecule has 108 valence electrons. The van der Waals surface area contributed by atoms with E-state index in [0.29, 0.717) is 24.8 Å². The number of fused-ring (bicyclic) bond motifs is 1. The minimum Gasteiger partial charge on any atom is -0.466 e. The third-order valence-corrected chi connectivity index (χ3v) is 4.01. The van der Waals surface area contributed by atoms with Gasteiger partial charge in [-0.3, -0.25) is 4.79 Å². The Kier molecular flexibility index (Phi) is 5.14. The summed E-state index contributed by atoms with van der Waals surface area (Å²) >= 11 is 7.71. The maximum atomic E-state index is 10.6. The Balaban J connectivity index is 1.98. The van der Waals surface area contributed by atoms with Gasteiger partial charge in [-0.25, -0.2) is 0 Å². The molecule has 0 saturated heterocycles. The van der Waals surface area contributed by atoms with Crippen LogP contribution < -0.4 is 4.74 Å². The standard InChI is InChI=1S/C13H15ClN2O3S/c1-3-9-7-10-11(14)15-13(16-12(10)20-9)19-6-4-5-18-8(2)17/h7H,3-6H2,1-2H3. The summed E-state index contributed by atoms with van der Waals surface area (Å²) in [6, 6.07) is 2.27. The predicted octanol–water partition coefficient (Wildman–Crippen LogP) is 3.24. The Morgan fingerprint density at radius 3 is 2.90 bits per heavy atom. The summed E-state index contributed by atoms with van der Waals surface area (Å²) < 4.78 is 10.2. The summed E-state index contributed by atoms with van der Waals surface area (Å²) in [6.45, 7) is 4.16. The Labute approximate surface area is 125 Å². The number of hydrogen-bond donors (Lipinski definition) is 0. The fourth-order valence-electron chi connectivity index (χ4n) is 1.60. The second kappa shape index (κ2) is 6.85. The highest BCUT2D eigenvalue weighted by atomic mass is 35.5. The molecule has 20 heavy (non-hydrogen) atoms. The highest BCUT2D eigenvalue weighted by molar-refractivity contribution is 7.18. The maximum Gasteiger partial charge on any atom is 0.319 e. The number of aromatic nitrogens is 2. The van der Waals surface area contributed by atoms with Crippen molar-refractivity contribution in [2.75, 3.05) is 13.2 Å². The molecule has 0 radical (unpaired) electrons. The van der Waals surface area contributed by atoms with Crippen molar-refractivity contribution in [1.82, 2.24) is 9.97 Å². The third kappa shape index (κ3) is 3.80. The second-order valence-electron chi connectivity index (χ2n) is 4.12. The van der Waals surface area contributed by atoms with Crippen molar-refractivity contribution in [1.29, 1.82) is 0 Å². The van der Waals surface area contributed by atoms with Crippen LogP contribution in [-0.2, 0) is 16.0 Å². The van der Waals surface area contributed by atoms with Gasteiger partial charge in [-0.05, 0) is 12.5 Å². The van der Waals surface area contributed by atoms with E-state index in [1.807, 2.05) is 6.07 Å². The second-order valence-corrected chi connectivity index (χ2v) is 5.60. The number of rotatable bonds is 6. The smallest absolute Gasteiger partial charge is 0.319 e. The van der Waals surface area contributed by atoms with Gasteiger partial charge in [0.15, 0.2) is 0 Å². The number of thiophene rings is 1. The molecule has 2 rings (SSSR count). The summed E-state index contributed by atoms with van der Waals surface area (Å²) in [5.41, 5.74) is 0. The first-order valence-electron chi connectivity index (χ1n) is 6.32. The number of aryl methyl sites for hydroxylation is 1. The zero-order valence-electron chi connectivity index (χ0n) is 11.3. The number of carbonyl (C=O) groups is 1. The molecule has 0 spiro atoms. The number of halogens is 1. The summed E-state index contributed by atoms with van der Waals surface area (Å²) in [5.74, 6) is -0.295. The van der Waals surface area contributed by atoms with Gasteiger partial charge in [0.05, 0.1) is 13.2 Å². The van der Waals surface area contributed by atoms with Crippen LogP contribution in [0.1, 0.15) is 25.1 Å². The normalized spacial score (nSPS) is 10.8. The highest BCUT2D eigenvalue weighted by Gasteiger charge is 2.10. The molecule has 7 heteroatoms. The lowest BCUT2D eigenvalue weighted by molar-refractivity contribution is -0.141. The molecule has 2 heterocycles. The molecule has 0 fully saturated rings. The number of ether oxygens (including phenoxy) is 2. The fraction of sp³-hybridized carbons (Fsp3) is 0.462. The largest absolute Gasteiger partial charge is 0.466 e. The minimum absolute atomic E-state index is 0.259. The molecule has 0 aliphatic rings. The van der Waals surface area contributed by atoms with E-state index >= 15 is 0 Å². The summed E-state index contributed by atoms with van der Waals surface area (Å²) in [4.78, 5) is 21.1. The van der Waals surface area contributed by atoms with Crippen LogP contribution in [0, 0.1) is 0 Å². The first-order valence-corrected chi connectivity index (χ1v) is 7.51. The molecule has 2 aromatic heterocycles. The van der Waals surface area contributed by atoms with Crippen LogP contribution in [0.4, 0.5) is 0 Å². The van der Waals surface area contributed by atoms with Gasteiger partial charge < -0.3 is 9.47 Å². The van der Waals surface area contributed by atoms with E-state index in [4.69, 9.17) is 21.1 Å². The van der Waals surface area contributed by atoms with Crippen LogP contribution in [0.5, 0.6) is 6.01 Å². The molecule has 0 aromatic carbocycles. The average Bonchev–Trinajstić information content (AvgIpc) is 2.81. The lowest BCUT2D eigenvalue weighted by atomic mass is 10.3. The molecule has 0 atom stereocenters. The van der Waals surface area contributed by atoms with Crippen molar-refractivity contribution < 1.29 is 14.3 Å². The number of carbonyl (C=O) groups excluding carboxylic acids is 1. The minimum atomic E-state index is -0.295. The third-order valence-electron chi connectivity index (χ3n) is 2.55. The van der Waals surface area contributed by atoms with Gasteiger partial charge >= 0.3 is 12.0 Å². The van der Waals surface area contributed by atoms with E-state index in [1.165, 1.54) is 11.8 Å². The van der Waals surface area contributed by atoms with Crippen molar-refractivity contribution in [3.05, 3.63) is 16.1 Å². The van der Waals surface area contributed by atoms with Crippen LogP contribution >= 0.6 is 22.9 Å². The van der Waals surface area contributed by atoms with Gasteiger partial charge in [0.25, 0.3) is 0 Å². The molecule has 0 amide bonds.